The Morgan fingerprint density at radius 2 is 2.18 bits per heavy atom. The van der Waals surface area contributed by atoms with Crippen LogP contribution in [0.25, 0.3) is 0 Å². The molecular formula is C8H14N2O. The summed E-state index contributed by atoms with van der Waals surface area (Å²) in [5, 5.41) is 9.23. The number of aromatic nitrogens is 1. The van der Waals surface area contributed by atoms with Gasteiger partial charge in [-0.2, -0.15) is 0 Å². The van der Waals surface area contributed by atoms with E-state index in [4.69, 9.17) is 5.73 Å². The number of nitrogens with one attached hydrogen (secondary N) is 1. The molecule has 11 heavy (non-hydrogen) atoms. The molecule has 0 bridgehead atoms. The fourth-order valence-corrected chi connectivity index (χ4v) is 1.00. The largest absolute Gasteiger partial charge is 0.494 e. The third-order valence-electron chi connectivity index (χ3n) is 1.83. The minimum atomic E-state index is -0.0822. The Kier molecular flexibility index (Phi) is 2.19. The maximum absolute atomic E-state index is 9.23. The predicted octanol–water partition coefficient (Wildman–Crippen LogP) is 1.38. The number of H-pyrrole nitrogens is 1. The normalized spacial score (nSPS) is 13.8. The molecule has 1 aromatic heterocycles. The molecule has 1 atom stereocenters. The van der Waals surface area contributed by atoms with Gasteiger partial charge in [-0.15, -0.1) is 0 Å². The fraction of sp³-hybridized carbons (Fsp3) is 0.500. The first-order valence-electron chi connectivity index (χ1n) is 3.74. The van der Waals surface area contributed by atoms with E-state index in [1.807, 2.05) is 13.8 Å². The number of hydrogen-bond donors (Lipinski definition) is 3. The molecule has 0 radical (unpaired) electrons. The van der Waals surface area contributed by atoms with Crippen molar-refractivity contribution in [2.45, 2.75) is 19.9 Å². The first kappa shape index (κ1) is 8.14. The van der Waals surface area contributed by atoms with Crippen LogP contribution in [0.2, 0.25) is 0 Å². The van der Waals surface area contributed by atoms with Crippen molar-refractivity contribution in [3.8, 4) is 5.88 Å². The molecule has 62 valence electrons. The zero-order valence-corrected chi connectivity index (χ0v) is 6.83. The SMILES string of the molecule is CC(C)C(N)c1cc[nH]c1O. The van der Waals surface area contributed by atoms with Gasteiger partial charge in [0.1, 0.15) is 0 Å². The first-order valence-corrected chi connectivity index (χ1v) is 3.74. The van der Waals surface area contributed by atoms with Crippen molar-refractivity contribution in [1.82, 2.24) is 4.98 Å². The highest BCUT2D eigenvalue weighted by molar-refractivity contribution is 5.28. The topological polar surface area (TPSA) is 62.0 Å². The van der Waals surface area contributed by atoms with Crippen molar-refractivity contribution in [2.75, 3.05) is 0 Å². The monoisotopic (exact) mass is 154 g/mol. The molecule has 0 aliphatic heterocycles. The Bertz CT molecular complexity index is 230. The Morgan fingerprint density at radius 3 is 2.55 bits per heavy atom. The third-order valence-corrected chi connectivity index (χ3v) is 1.83. The third kappa shape index (κ3) is 1.54. The number of nitrogens with two attached hydrogens (primary N) is 1. The summed E-state index contributed by atoms with van der Waals surface area (Å²) >= 11 is 0. The van der Waals surface area contributed by atoms with Gasteiger partial charge < -0.3 is 15.8 Å². The van der Waals surface area contributed by atoms with Crippen LogP contribution in [0.15, 0.2) is 12.3 Å². The Labute approximate surface area is 66.2 Å². The van der Waals surface area contributed by atoms with Crippen molar-refractivity contribution in [2.24, 2.45) is 11.7 Å². The van der Waals surface area contributed by atoms with Crippen LogP contribution < -0.4 is 5.73 Å². The van der Waals surface area contributed by atoms with Crippen molar-refractivity contribution in [1.29, 1.82) is 0 Å². The van der Waals surface area contributed by atoms with Crippen LogP contribution >= 0.6 is 0 Å². The average molecular weight is 154 g/mol. The Morgan fingerprint density at radius 1 is 1.55 bits per heavy atom. The van der Waals surface area contributed by atoms with Gasteiger partial charge in [0.25, 0.3) is 0 Å². The molecule has 1 aromatic rings. The number of hydrogen-bond acceptors (Lipinski definition) is 2. The summed E-state index contributed by atoms with van der Waals surface area (Å²) in [6, 6.07) is 1.72. The van der Waals surface area contributed by atoms with Gasteiger partial charge in [-0.05, 0) is 12.0 Å². The van der Waals surface area contributed by atoms with Crippen LogP contribution in [0.4, 0.5) is 0 Å². The molecule has 3 nitrogen and oxygen atoms in total. The summed E-state index contributed by atoms with van der Waals surface area (Å²) in [4.78, 5) is 2.68. The molecule has 0 saturated carbocycles. The summed E-state index contributed by atoms with van der Waals surface area (Å²) < 4.78 is 0. The lowest BCUT2D eigenvalue weighted by Crippen LogP contribution is -2.15. The van der Waals surface area contributed by atoms with Crippen LogP contribution in [0, 0.1) is 5.92 Å². The van der Waals surface area contributed by atoms with Crippen LogP contribution in [0.3, 0.4) is 0 Å². The lowest BCUT2D eigenvalue weighted by molar-refractivity contribution is 0.428. The molecule has 0 amide bonds. The van der Waals surface area contributed by atoms with Gasteiger partial charge in [-0.3, -0.25) is 0 Å². The smallest absolute Gasteiger partial charge is 0.193 e. The highest BCUT2D eigenvalue weighted by Gasteiger charge is 2.14. The van der Waals surface area contributed by atoms with E-state index >= 15 is 0 Å². The molecule has 0 aliphatic rings. The zero-order valence-electron chi connectivity index (χ0n) is 6.83. The molecule has 1 unspecified atom stereocenters. The Hall–Kier alpha value is -0.960. The van der Waals surface area contributed by atoms with Gasteiger partial charge in [0, 0.05) is 17.8 Å². The highest BCUT2D eigenvalue weighted by atomic mass is 16.3. The van der Waals surface area contributed by atoms with E-state index in [1.54, 1.807) is 12.3 Å². The molecule has 1 heterocycles. The Balaban J connectivity index is 2.84. The maximum atomic E-state index is 9.23. The van der Waals surface area contributed by atoms with E-state index in [1.165, 1.54) is 0 Å². The molecule has 0 saturated heterocycles. The summed E-state index contributed by atoms with van der Waals surface area (Å²) in [6.45, 7) is 4.05. The van der Waals surface area contributed by atoms with Crippen molar-refractivity contribution in [3.63, 3.8) is 0 Å². The van der Waals surface area contributed by atoms with Gasteiger partial charge in [-0.25, -0.2) is 0 Å². The summed E-state index contributed by atoms with van der Waals surface area (Å²) in [6.07, 6.45) is 1.69. The summed E-state index contributed by atoms with van der Waals surface area (Å²) in [5.41, 5.74) is 6.59. The second-order valence-corrected chi connectivity index (χ2v) is 3.05. The molecule has 0 spiro atoms. The first-order chi connectivity index (χ1) is 5.13. The molecule has 3 heteroatoms. The quantitative estimate of drug-likeness (QED) is 0.602. The molecule has 0 aliphatic carbocycles. The van der Waals surface area contributed by atoms with Gasteiger partial charge in [0.15, 0.2) is 5.88 Å². The minimum Gasteiger partial charge on any atom is -0.494 e. The second-order valence-electron chi connectivity index (χ2n) is 3.05. The van der Waals surface area contributed by atoms with E-state index in [0.29, 0.717) is 5.92 Å². The number of aromatic amines is 1. The number of aromatic hydroxyl groups is 1. The van der Waals surface area contributed by atoms with E-state index in [-0.39, 0.29) is 11.9 Å². The average Bonchev–Trinajstić information content (AvgIpc) is 2.33. The van der Waals surface area contributed by atoms with Gasteiger partial charge in [0.2, 0.25) is 0 Å². The standard InChI is InChI=1S/C8H14N2O/c1-5(2)7(9)6-3-4-10-8(6)11/h3-5,7,10-11H,9H2,1-2H3. The second kappa shape index (κ2) is 2.96. The van der Waals surface area contributed by atoms with Crippen LogP contribution in [-0.4, -0.2) is 10.1 Å². The van der Waals surface area contributed by atoms with E-state index in [9.17, 15) is 5.11 Å². The van der Waals surface area contributed by atoms with Gasteiger partial charge >= 0.3 is 0 Å². The van der Waals surface area contributed by atoms with Gasteiger partial charge in [0.05, 0.1) is 0 Å². The van der Waals surface area contributed by atoms with E-state index in [2.05, 4.69) is 4.98 Å². The highest BCUT2D eigenvalue weighted by Crippen LogP contribution is 2.25. The van der Waals surface area contributed by atoms with E-state index < -0.39 is 0 Å². The number of rotatable bonds is 2. The van der Waals surface area contributed by atoms with Crippen LogP contribution in [-0.2, 0) is 0 Å². The molecule has 4 N–H and O–H groups in total. The minimum absolute atomic E-state index is 0.0822. The zero-order chi connectivity index (χ0) is 8.43. The van der Waals surface area contributed by atoms with Crippen LogP contribution in [0.5, 0.6) is 5.88 Å². The van der Waals surface area contributed by atoms with Crippen molar-refractivity contribution in [3.05, 3.63) is 17.8 Å². The lowest BCUT2D eigenvalue weighted by Gasteiger charge is -2.13. The lowest BCUT2D eigenvalue weighted by atomic mass is 9.99. The fourth-order valence-electron chi connectivity index (χ4n) is 1.00. The predicted molar refractivity (Wildman–Crippen MR) is 44.2 cm³/mol. The molecular weight excluding hydrogens is 140 g/mol. The van der Waals surface area contributed by atoms with Gasteiger partial charge in [-0.1, -0.05) is 13.8 Å². The van der Waals surface area contributed by atoms with Crippen LogP contribution in [0.1, 0.15) is 25.5 Å². The van der Waals surface area contributed by atoms with Crippen molar-refractivity contribution >= 4 is 0 Å². The summed E-state index contributed by atoms with van der Waals surface area (Å²) in [5.74, 6) is 0.530. The molecule has 1 rings (SSSR count). The maximum Gasteiger partial charge on any atom is 0.193 e. The van der Waals surface area contributed by atoms with E-state index in [0.717, 1.165) is 5.56 Å². The molecule has 0 fully saturated rings. The summed E-state index contributed by atoms with van der Waals surface area (Å²) in [7, 11) is 0. The molecule has 0 aromatic carbocycles. The van der Waals surface area contributed by atoms with Crippen molar-refractivity contribution < 1.29 is 5.11 Å².